The number of nitrogens with one attached hydrogen (secondary N) is 2. The molecule has 4 nitrogen and oxygen atoms in total. The summed E-state index contributed by atoms with van der Waals surface area (Å²) in [5.41, 5.74) is -1.11. The van der Waals surface area contributed by atoms with Crippen LogP contribution in [-0.4, -0.2) is 10.9 Å². The predicted octanol–water partition coefficient (Wildman–Crippen LogP) is 3.16. The van der Waals surface area contributed by atoms with Gasteiger partial charge in [-0.2, -0.15) is 0 Å². The first-order valence-electron chi connectivity index (χ1n) is 7.89. The Hall–Kier alpha value is -2.50. The molecule has 0 radical (unpaired) electrons. The number of halogens is 2. The Morgan fingerprint density at radius 2 is 1.83 bits per heavy atom. The van der Waals surface area contributed by atoms with Crippen molar-refractivity contribution in [3.05, 3.63) is 69.1 Å². The lowest BCUT2D eigenvalue weighted by Crippen LogP contribution is -2.46. The fourth-order valence-corrected chi connectivity index (χ4v) is 3.41. The molecule has 0 saturated heterocycles. The van der Waals surface area contributed by atoms with Crippen LogP contribution in [0.1, 0.15) is 47.3 Å². The Bertz CT molecular complexity index is 819. The number of benzene rings is 1. The Kier molecular flexibility index (Phi) is 4.22. The first-order valence-corrected chi connectivity index (χ1v) is 7.89. The van der Waals surface area contributed by atoms with E-state index in [2.05, 4.69) is 10.3 Å². The second kappa shape index (κ2) is 6.19. The van der Waals surface area contributed by atoms with E-state index in [0.717, 1.165) is 12.8 Å². The number of hydrogen-bond donors (Lipinski definition) is 2. The summed E-state index contributed by atoms with van der Waals surface area (Å²) in [6.45, 7) is 1.70. The molecule has 1 aliphatic carbocycles. The minimum absolute atomic E-state index is 0.0661. The van der Waals surface area contributed by atoms with Crippen LogP contribution in [0.5, 0.6) is 0 Å². The van der Waals surface area contributed by atoms with E-state index in [1.54, 1.807) is 6.92 Å². The molecular weight excluding hydrogens is 314 g/mol. The lowest BCUT2D eigenvalue weighted by atomic mass is 9.86. The number of rotatable bonds is 3. The number of aryl methyl sites for hydroxylation is 1. The molecule has 1 amide bonds. The standard InChI is InChI=1S/C18H18F2N2O2/c1-11-9-15(23)12(10-21-11)17(24)22-18(7-2-3-8-18)16-13(19)5-4-6-14(16)20/h4-6,9-10H,2-3,7-8H2,1H3,(H,21,23)(H,22,24). The zero-order chi connectivity index (χ0) is 17.3. The van der Waals surface area contributed by atoms with Crippen LogP contribution in [-0.2, 0) is 5.54 Å². The molecule has 0 spiro atoms. The van der Waals surface area contributed by atoms with Crippen molar-refractivity contribution in [2.75, 3.05) is 0 Å². The largest absolute Gasteiger partial charge is 0.364 e. The van der Waals surface area contributed by atoms with Gasteiger partial charge in [-0.3, -0.25) is 9.59 Å². The fraction of sp³-hybridized carbons (Fsp3) is 0.333. The van der Waals surface area contributed by atoms with Crippen molar-refractivity contribution in [3.8, 4) is 0 Å². The van der Waals surface area contributed by atoms with Gasteiger partial charge in [0.1, 0.15) is 17.2 Å². The maximum atomic E-state index is 14.3. The predicted molar refractivity (Wildman–Crippen MR) is 85.8 cm³/mol. The molecule has 24 heavy (non-hydrogen) atoms. The fourth-order valence-electron chi connectivity index (χ4n) is 3.41. The van der Waals surface area contributed by atoms with Crippen LogP contribution in [0.25, 0.3) is 0 Å². The van der Waals surface area contributed by atoms with Crippen LogP contribution in [0.15, 0.2) is 35.3 Å². The molecule has 6 heteroatoms. The quantitative estimate of drug-likeness (QED) is 0.907. The van der Waals surface area contributed by atoms with Crippen LogP contribution in [0.2, 0.25) is 0 Å². The van der Waals surface area contributed by atoms with Gasteiger partial charge in [0.2, 0.25) is 0 Å². The van der Waals surface area contributed by atoms with Gasteiger partial charge in [-0.1, -0.05) is 18.9 Å². The molecule has 1 aliphatic rings. The van der Waals surface area contributed by atoms with Crippen molar-refractivity contribution in [2.24, 2.45) is 0 Å². The molecule has 1 aromatic heterocycles. The van der Waals surface area contributed by atoms with E-state index >= 15 is 0 Å². The molecular formula is C18H18F2N2O2. The third kappa shape index (κ3) is 2.84. The van der Waals surface area contributed by atoms with Crippen LogP contribution in [0.4, 0.5) is 8.78 Å². The van der Waals surface area contributed by atoms with Crippen LogP contribution in [0, 0.1) is 18.6 Å². The minimum Gasteiger partial charge on any atom is -0.364 e. The Morgan fingerprint density at radius 3 is 2.42 bits per heavy atom. The normalized spacial score (nSPS) is 16.1. The highest BCUT2D eigenvalue weighted by atomic mass is 19.1. The molecule has 2 aromatic rings. The molecule has 3 rings (SSSR count). The number of aromatic nitrogens is 1. The van der Waals surface area contributed by atoms with Crippen molar-refractivity contribution in [1.29, 1.82) is 0 Å². The molecule has 1 heterocycles. The lowest BCUT2D eigenvalue weighted by Gasteiger charge is -2.31. The number of hydrogen-bond acceptors (Lipinski definition) is 2. The first-order chi connectivity index (χ1) is 11.4. The minimum atomic E-state index is -1.12. The van der Waals surface area contributed by atoms with E-state index in [-0.39, 0.29) is 11.1 Å². The molecule has 1 aromatic carbocycles. The average Bonchev–Trinajstić information content (AvgIpc) is 2.96. The van der Waals surface area contributed by atoms with Gasteiger partial charge in [0.05, 0.1) is 5.54 Å². The molecule has 126 valence electrons. The molecule has 0 unspecified atom stereocenters. The van der Waals surface area contributed by atoms with E-state index < -0.39 is 28.5 Å². The number of pyridine rings is 1. The number of aromatic amines is 1. The summed E-state index contributed by atoms with van der Waals surface area (Å²) in [4.78, 5) is 27.4. The van der Waals surface area contributed by atoms with Crippen LogP contribution < -0.4 is 10.7 Å². The van der Waals surface area contributed by atoms with Crippen molar-refractivity contribution in [1.82, 2.24) is 10.3 Å². The zero-order valence-electron chi connectivity index (χ0n) is 13.3. The van der Waals surface area contributed by atoms with Gasteiger partial charge in [-0.15, -0.1) is 0 Å². The van der Waals surface area contributed by atoms with E-state index in [0.29, 0.717) is 18.5 Å². The number of H-pyrrole nitrogens is 1. The summed E-state index contributed by atoms with van der Waals surface area (Å²) in [5, 5.41) is 2.73. The van der Waals surface area contributed by atoms with Gasteiger partial charge < -0.3 is 10.3 Å². The number of carbonyl (C=O) groups excluding carboxylic acids is 1. The monoisotopic (exact) mass is 332 g/mol. The van der Waals surface area contributed by atoms with Crippen molar-refractivity contribution in [2.45, 2.75) is 38.1 Å². The second-order valence-corrected chi connectivity index (χ2v) is 6.23. The summed E-state index contributed by atoms with van der Waals surface area (Å²) < 4.78 is 28.5. The number of amides is 1. The van der Waals surface area contributed by atoms with Crippen LogP contribution >= 0.6 is 0 Å². The highest BCUT2D eigenvalue weighted by Gasteiger charge is 2.41. The maximum Gasteiger partial charge on any atom is 0.257 e. The van der Waals surface area contributed by atoms with E-state index in [9.17, 15) is 18.4 Å². The molecule has 0 atom stereocenters. The van der Waals surface area contributed by atoms with Crippen molar-refractivity contribution < 1.29 is 13.6 Å². The van der Waals surface area contributed by atoms with Crippen molar-refractivity contribution in [3.63, 3.8) is 0 Å². The van der Waals surface area contributed by atoms with Gasteiger partial charge in [-0.25, -0.2) is 8.78 Å². The third-order valence-corrected chi connectivity index (χ3v) is 4.55. The summed E-state index contributed by atoms with van der Waals surface area (Å²) >= 11 is 0. The third-order valence-electron chi connectivity index (χ3n) is 4.55. The highest BCUT2D eigenvalue weighted by molar-refractivity contribution is 5.94. The van der Waals surface area contributed by atoms with E-state index in [4.69, 9.17) is 0 Å². The van der Waals surface area contributed by atoms with Gasteiger partial charge in [-0.05, 0) is 31.9 Å². The smallest absolute Gasteiger partial charge is 0.257 e. The topological polar surface area (TPSA) is 62.0 Å². The maximum absolute atomic E-state index is 14.3. The summed E-state index contributed by atoms with van der Waals surface area (Å²) in [6.07, 6.45) is 3.69. The summed E-state index contributed by atoms with van der Waals surface area (Å²) in [5.74, 6) is -1.99. The highest BCUT2D eigenvalue weighted by Crippen LogP contribution is 2.41. The van der Waals surface area contributed by atoms with E-state index in [1.807, 2.05) is 0 Å². The van der Waals surface area contributed by atoms with Crippen molar-refractivity contribution >= 4 is 5.91 Å². The number of carbonyl (C=O) groups is 1. The van der Waals surface area contributed by atoms with Gasteiger partial charge in [0.25, 0.3) is 5.91 Å². The second-order valence-electron chi connectivity index (χ2n) is 6.23. The average molecular weight is 332 g/mol. The van der Waals surface area contributed by atoms with E-state index in [1.165, 1.54) is 30.5 Å². The zero-order valence-corrected chi connectivity index (χ0v) is 13.3. The molecule has 0 aliphatic heterocycles. The molecule has 2 N–H and O–H groups in total. The molecule has 1 saturated carbocycles. The summed E-state index contributed by atoms with van der Waals surface area (Å²) in [6, 6.07) is 4.98. The van der Waals surface area contributed by atoms with Crippen LogP contribution in [0.3, 0.4) is 0 Å². The molecule has 0 bridgehead atoms. The molecule has 1 fully saturated rings. The Morgan fingerprint density at radius 1 is 1.21 bits per heavy atom. The van der Waals surface area contributed by atoms with Gasteiger partial charge >= 0.3 is 0 Å². The summed E-state index contributed by atoms with van der Waals surface area (Å²) in [7, 11) is 0. The first kappa shape index (κ1) is 16.4. The Labute approximate surface area is 137 Å². The lowest BCUT2D eigenvalue weighted by molar-refractivity contribution is 0.0893. The Balaban J connectivity index is 2.01. The van der Waals surface area contributed by atoms with Gasteiger partial charge in [0.15, 0.2) is 5.43 Å². The SMILES string of the molecule is Cc1cc(=O)c(C(=O)NC2(c3c(F)cccc3F)CCCC2)c[nH]1. The van der Waals surface area contributed by atoms with Gasteiger partial charge in [0, 0.05) is 23.5 Å².